The molecule has 1 saturated carbocycles. The maximum Gasteiger partial charge on any atom is 0.341 e. The Bertz CT molecular complexity index is 1080. The van der Waals surface area contributed by atoms with E-state index in [4.69, 9.17) is 14.9 Å². The highest BCUT2D eigenvalue weighted by atomic mass is 16.5. The number of aromatic nitrogens is 1. The lowest BCUT2D eigenvalue weighted by Gasteiger charge is -2.25. The van der Waals surface area contributed by atoms with E-state index in [1.54, 1.807) is 6.92 Å². The lowest BCUT2D eigenvalue weighted by atomic mass is 9.81. The third kappa shape index (κ3) is 3.27. The molecule has 0 saturated heterocycles. The summed E-state index contributed by atoms with van der Waals surface area (Å²) in [6.45, 7) is 1.92. The fraction of sp³-hybridized carbons (Fsp3) is 0.381. The van der Waals surface area contributed by atoms with Crippen molar-refractivity contribution < 1.29 is 13.9 Å². The van der Waals surface area contributed by atoms with Gasteiger partial charge >= 0.3 is 5.97 Å². The van der Waals surface area contributed by atoms with Crippen molar-refractivity contribution in [3.63, 3.8) is 0 Å². The summed E-state index contributed by atoms with van der Waals surface area (Å²) in [6.07, 6.45) is 6.05. The van der Waals surface area contributed by atoms with Crippen molar-refractivity contribution in [3.05, 3.63) is 45.6 Å². The third-order valence-electron chi connectivity index (χ3n) is 5.32. The molecule has 4 rings (SSSR count). The summed E-state index contributed by atoms with van der Waals surface area (Å²) < 4.78 is 10.8. The number of esters is 1. The van der Waals surface area contributed by atoms with Crippen molar-refractivity contribution in [2.45, 2.75) is 39.0 Å². The Balaban J connectivity index is 1.77. The smallest absolute Gasteiger partial charge is 0.341 e. The Kier molecular flexibility index (Phi) is 4.56. The summed E-state index contributed by atoms with van der Waals surface area (Å²) >= 11 is 0. The summed E-state index contributed by atoms with van der Waals surface area (Å²) in [5.41, 5.74) is 7.43. The standard InChI is InChI=1S/C21H22N2O4/c1-2-26-21(25)16-11-15-18(24)14-10-13(7-6-12-4-3-5-12)8-9-17(14)27-20(15)23-19(16)22/h8-12H,2-7H2,1H3,(H2,22,23). The van der Waals surface area contributed by atoms with Gasteiger partial charge in [0.15, 0.2) is 0 Å². The van der Waals surface area contributed by atoms with Crippen molar-refractivity contribution in [1.29, 1.82) is 0 Å². The Labute approximate surface area is 156 Å². The zero-order chi connectivity index (χ0) is 19.0. The van der Waals surface area contributed by atoms with Gasteiger partial charge in [0.05, 0.1) is 17.4 Å². The predicted molar refractivity (Wildman–Crippen MR) is 104 cm³/mol. The molecule has 6 heteroatoms. The number of nitrogen functional groups attached to an aromatic ring is 1. The molecule has 27 heavy (non-hydrogen) atoms. The van der Waals surface area contributed by atoms with Crippen LogP contribution in [0.25, 0.3) is 22.1 Å². The maximum atomic E-state index is 13.0. The minimum Gasteiger partial charge on any atom is -0.462 e. The Morgan fingerprint density at radius 3 is 2.81 bits per heavy atom. The first-order valence-corrected chi connectivity index (χ1v) is 9.40. The molecule has 0 amide bonds. The van der Waals surface area contributed by atoms with E-state index in [9.17, 15) is 9.59 Å². The molecule has 2 N–H and O–H groups in total. The summed E-state index contributed by atoms with van der Waals surface area (Å²) in [4.78, 5) is 29.1. The monoisotopic (exact) mass is 366 g/mol. The van der Waals surface area contributed by atoms with E-state index in [2.05, 4.69) is 4.98 Å². The van der Waals surface area contributed by atoms with Crippen LogP contribution in [0.3, 0.4) is 0 Å². The molecule has 0 bridgehead atoms. The summed E-state index contributed by atoms with van der Waals surface area (Å²) in [7, 11) is 0. The van der Waals surface area contributed by atoms with Gasteiger partial charge in [0.25, 0.3) is 0 Å². The van der Waals surface area contributed by atoms with Crippen LogP contribution in [0.1, 0.15) is 48.5 Å². The number of carbonyl (C=O) groups is 1. The molecule has 0 spiro atoms. The average molecular weight is 366 g/mol. The van der Waals surface area contributed by atoms with Crippen LogP contribution in [0.15, 0.2) is 33.5 Å². The highest BCUT2D eigenvalue weighted by molar-refractivity contribution is 5.99. The molecular weight excluding hydrogens is 344 g/mol. The molecule has 1 aromatic carbocycles. The Hall–Kier alpha value is -2.89. The van der Waals surface area contributed by atoms with E-state index in [0.717, 1.165) is 24.3 Å². The van der Waals surface area contributed by atoms with Crippen LogP contribution in [0.5, 0.6) is 0 Å². The highest BCUT2D eigenvalue weighted by Gasteiger charge is 2.19. The van der Waals surface area contributed by atoms with Crippen molar-refractivity contribution in [2.24, 2.45) is 5.92 Å². The first-order valence-electron chi connectivity index (χ1n) is 9.40. The largest absolute Gasteiger partial charge is 0.462 e. The van der Waals surface area contributed by atoms with Crippen LogP contribution in [-0.4, -0.2) is 17.6 Å². The number of fused-ring (bicyclic) bond motifs is 2. The number of nitrogens with zero attached hydrogens (tertiary/aromatic N) is 1. The van der Waals surface area contributed by atoms with E-state index in [1.165, 1.54) is 25.3 Å². The number of aryl methyl sites for hydroxylation is 1. The van der Waals surface area contributed by atoms with Gasteiger partial charge in [-0.3, -0.25) is 4.79 Å². The number of hydrogen-bond donors (Lipinski definition) is 1. The SMILES string of the molecule is CCOC(=O)c1cc2c(=O)c3cc(CCC4CCC4)ccc3oc2nc1N. The molecule has 1 aliphatic carbocycles. The quantitative estimate of drug-likeness (QED) is 0.544. The number of ether oxygens (including phenoxy) is 1. The lowest BCUT2D eigenvalue weighted by Crippen LogP contribution is -2.13. The Morgan fingerprint density at radius 1 is 1.30 bits per heavy atom. The Morgan fingerprint density at radius 2 is 2.11 bits per heavy atom. The fourth-order valence-electron chi connectivity index (χ4n) is 3.52. The molecule has 1 aliphatic rings. The molecular formula is C21H22N2O4. The van der Waals surface area contributed by atoms with E-state index in [1.807, 2.05) is 18.2 Å². The first-order chi connectivity index (χ1) is 13.1. The normalized spacial score (nSPS) is 14.4. The van der Waals surface area contributed by atoms with Gasteiger partial charge in [-0.05, 0) is 49.4 Å². The van der Waals surface area contributed by atoms with Gasteiger partial charge in [-0.2, -0.15) is 4.98 Å². The van der Waals surface area contributed by atoms with Gasteiger partial charge in [0.1, 0.15) is 17.0 Å². The van der Waals surface area contributed by atoms with Gasteiger partial charge < -0.3 is 14.9 Å². The van der Waals surface area contributed by atoms with Gasteiger partial charge in [-0.15, -0.1) is 0 Å². The number of rotatable bonds is 5. The molecule has 0 aliphatic heterocycles. The first kappa shape index (κ1) is 17.5. The van der Waals surface area contributed by atoms with Crippen molar-refractivity contribution in [1.82, 2.24) is 4.98 Å². The zero-order valence-electron chi connectivity index (χ0n) is 15.3. The minimum atomic E-state index is -0.599. The number of carbonyl (C=O) groups excluding carboxylic acids is 1. The summed E-state index contributed by atoms with van der Waals surface area (Å²) in [5, 5.41) is 0.728. The van der Waals surface area contributed by atoms with E-state index in [-0.39, 0.29) is 34.5 Å². The number of hydrogen-bond acceptors (Lipinski definition) is 6. The number of anilines is 1. The molecule has 0 radical (unpaired) electrons. The topological polar surface area (TPSA) is 95.4 Å². The van der Waals surface area contributed by atoms with E-state index < -0.39 is 5.97 Å². The predicted octanol–water partition coefficient (Wildman–Crippen LogP) is 3.83. The van der Waals surface area contributed by atoms with E-state index >= 15 is 0 Å². The second-order valence-corrected chi connectivity index (χ2v) is 7.09. The zero-order valence-corrected chi connectivity index (χ0v) is 15.3. The van der Waals surface area contributed by atoms with Crippen LogP contribution < -0.4 is 11.2 Å². The van der Waals surface area contributed by atoms with Crippen LogP contribution in [0.4, 0.5) is 5.82 Å². The van der Waals surface area contributed by atoms with Gasteiger partial charge in [0.2, 0.25) is 11.1 Å². The molecule has 2 aromatic heterocycles. The highest BCUT2D eigenvalue weighted by Crippen LogP contribution is 2.31. The van der Waals surface area contributed by atoms with Gasteiger partial charge in [0, 0.05) is 0 Å². The average Bonchev–Trinajstić information content (AvgIpc) is 2.61. The van der Waals surface area contributed by atoms with Gasteiger partial charge in [-0.25, -0.2) is 4.79 Å². The molecule has 1 fully saturated rings. The third-order valence-corrected chi connectivity index (χ3v) is 5.32. The van der Waals surface area contributed by atoms with Crippen molar-refractivity contribution >= 4 is 33.9 Å². The molecule has 140 valence electrons. The van der Waals surface area contributed by atoms with Crippen LogP contribution in [0.2, 0.25) is 0 Å². The van der Waals surface area contributed by atoms with Crippen LogP contribution >= 0.6 is 0 Å². The molecule has 3 aromatic rings. The summed E-state index contributed by atoms with van der Waals surface area (Å²) in [6, 6.07) is 7.11. The van der Waals surface area contributed by atoms with Crippen molar-refractivity contribution in [3.8, 4) is 0 Å². The number of nitrogens with two attached hydrogens (primary N) is 1. The second-order valence-electron chi connectivity index (χ2n) is 7.09. The van der Waals surface area contributed by atoms with Crippen LogP contribution in [0, 0.1) is 5.92 Å². The fourth-order valence-corrected chi connectivity index (χ4v) is 3.52. The molecule has 0 unspecified atom stereocenters. The number of pyridine rings is 1. The van der Waals surface area contributed by atoms with Crippen molar-refractivity contribution in [2.75, 3.05) is 12.3 Å². The molecule has 6 nitrogen and oxygen atoms in total. The summed E-state index contributed by atoms with van der Waals surface area (Å²) in [5.74, 6) is 0.201. The molecule has 2 heterocycles. The second kappa shape index (κ2) is 7.02. The van der Waals surface area contributed by atoms with Gasteiger partial charge in [-0.1, -0.05) is 25.3 Å². The molecule has 0 atom stereocenters. The minimum absolute atomic E-state index is 0.0134. The maximum absolute atomic E-state index is 13.0. The lowest BCUT2D eigenvalue weighted by molar-refractivity contribution is 0.0527. The van der Waals surface area contributed by atoms with Crippen LogP contribution in [-0.2, 0) is 11.2 Å². The van der Waals surface area contributed by atoms with E-state index in [0.29, 0.717) is 11.0 Å². The number of benzene rings is 1.